The van der Waals surface area contributed by atoms with Gasteiger partial charge in [-0.1, -0.05) is 32.4 Å². The van der Waals surface area contributed by atoms with Crippen molar-refractivity contribution in [3.8, 4) is 6.07 Å². The van der Waals surface area contributed by atoms with Gasteiger partial charge in [-0.3, -0.25) is 4.79 Å². The minimum atomic E-state index is -3.99. The molecule has 0 aliphatic rings. The van der Waals surface area contributed by atoms with E-state index in [0.29, 0.717) is 6.42 Å². The second-order valence-electron chi connectivity index (χ2n) is 4.62. The highest BCUT2D eigenvalue weighted by atomic mass is 32.2. The number of carbonyl (C=O) groups is 1. The minimum Gasteiger partial charge on any atom is -0.468 e. The van der Waals surface area contributed by atoms with E-state index in [1.807, 2.05) is 13.0 Å². The molecule has 0 aromatic heterocycles. The van der Waals surface area contributed by atoms with E-state index in [9.17, 15) is 13.2 Å². The summed E-state index contributed by atoms with van der Waals surface area (Å²) in [5.74, 6) is -0.885. The molecule has 0 heterocycles. The van der Waals surface area contributed by atoms with Crippen LogP contribution in [0.3, 0.4) is 0 Å². The molecule has 0 aliphatic carbocycles. The lowest BCUT2D eigenvalue weighted by Gasteiger charge is -2.21. The van der Waals surface area contributed by atoms with Gasteiger partial charge in [-0.25, -0.2) is 8.42 Å². The van der Waals surface area contributed by atoms with Crippen molar-refractivity contribution < 1.29 is 17.9 Å². The molecule has 0 radical (unpaired) electrons. The quantitative estimate of drug-likeness (QED) is 0.802. The Labute approximate surface area is 124 Å². The zero-order valence-electron chi connectivity index (χ0n) is 12.2. The number of rotatable bonds is 6. The predicted molar refractivity (Wildman–Crippen MR) is 76.7 cm³/mol. The third-order valence-corrected chi connectivity index (χ3v) is 4.75. The maximum absolute atomic E-state index is 12.4. The predicted octanol–water partition coefficient (Wildman–Crippen LogP) is 1.42. The first kappa shape index (κ1) is 17.1. The number of ether oxygens (including phenoxy) is 1. The Kier molecular flexibility index (Phi) is 5.88. The molecule has 21 heavy (non-hydrogen) atoms. The van der Waals surface area contributed by atoms with Crippen molar-refractivity contribution in [2.24, 2.45) is 5.92 Å². The Morgan fingerprint density at radius 3 is 2.57 bits per heavy atom. The lowest BCUT2D eigenvalue weighted by Crippen LogP contribution is -2.45. The summed E-state index contributed by atoms with van der Waals surface area (Å²) in [7, 11) is -2.78. The molecule has 0 saturated carbocycles. The molecule has 0 fully saturated rings. The second-order valence-corrected chi connectivity index (χ2v) is 6.30. The normalized spacial score (nSPS) is 14.0. The first-order chi connectivity index (χ1) is 9.87. The standard InChI is InChI=1S/C14H18N2O4S/c1-4-10(2)13(14(17)20-3)16-21(18,19)12-8-6-5-7-11(12)9-15/h5-8,10,13,16H,4H2,1-3H3/t10-,13-/m0/s1. The molecule has 114 valence electrons. The van der Waals surface area contributed by atoms with Crippen LogP contribution in [0.4, 0.5) is 0 Å². The van der Waals surface area contributed by atoms with Crippen LogP contribution in [-0.4, -0.2) is 27.5 Å². The fraction of sp³-hybridized carbons (Fsp3) is 0.429. The highest BCUT2D eigenvalue weighted by Crippen LogP contribution is 2.17. The number of nitrogens with zero attached hydrogens (tertiary/aromatic N) is 1. The van der Waals surface area contributed by atoms with Gasteiger partial charge in [0.25, 0.3) is 0 Å². The Morgan fingerprint density at radius 1 is 1.43 bits per heavy atom. The Morgan fingerprint density at radius 2 is 2.05 bits per heavy atom. The maximum Gasteiger partial charge on any atom is 0.324 e. The van der Waals surface area contributed by atoms with Crippen molar-refractivity contribution in [2.75, 3.05) is 7.11 Å². The van der Waals surface area contributed by atoms with E-state index >= 15 is 0 Å². The number of carbonyl (C=O) groups excluding carboxylic acids is 1. The number of sulfonamides is 1. The lowest BCUT2D eigenvalue weighted by molar-refractivity contribution is -0.143. The number of hydrogen-bond acceptors (Lipinski definition) is 5. The van der Waals surface area contributed by atoms with E-state index in [0.717, 1.165) is 0 Å². The molecule has 1 aromatic carbocycles. The second kappa shape index (κ2) is 7.20. The molecule has 0 saturated heterocycles. The Hall–Kier alpha value is -1.91. The average Bonchev–Trinajstić information content (AvgIpc) is 2.51. The first-order valence-electron chi connectivity index (χ1n) is 6.46. The van der Waals surface area contributed by atoms with E-state index < -0.39 is 22.0 Å². The Balaban J connectivity index is 3.18. The van der Waals surface area contributed by atoms with Crippen LogP contribution in [-0.2, 0) is 19.6 Å². The largest absolute Gasteiger partial charge is 0.468 e. The fourth-order valence-corrected chi connectivity index (χ4v) is 3.23. The van der Waals surface area contributed by atoms with Crippen LogP contribution >= 0.6 is 0 Å². The summed E-state index contributed by atoms with van der Waals surface area (Å²) in [6.07, 6.45) is 0.599. The summed E-state index contributed by atoms with van der Waals surface area (Å²) in [6, 6.07) is 6.66. The van der Waals surface area contributed by atoms with Crippen molar-refractivity contribution >= 4 is 16.0 Å². The molecule has 0 unspecified atom stereocenters. The van der Waals surface area contributed by atoms with Crippen LogP contribution < -0.4 is 4.72 Å². The van der Waals surface area contributed by atoms with Crippen LogP contribution in [0.25, 0.3) is 0 Å². The summed E-state index contributed by atoms with van der Waals surface area (Å²) in [5, 5.41) is 8.99. The molecule has 7 heteroatoms. The van der Waals surface area contributed by atoms with Crippen molar-refractivity contribution in [2.45, 2.75) is 31.2 Å². The summed E-state index contributed by atoms with van der Waals surface area (Å²) in [4.78, 5) is 11.6. The van der Waals surface area contributed by atoms with Crippen LogP contribution in [0, 0.1) is 17.2 Å². The van der Waals surface area contributed by atoms with Gasteiger partial charge in [0.05, 0.1) is 17.6 Å². The fourth-order valence-electron chi connectivity index (χ4n) is 1.78. The number of benzene rings is 1. The third-order valence-electron chi connectivity index (χ3n) is 3.25. The van der Waals surface area contributed by atoms with E-state index in [-0.39, 0.29) is 16.4 Å². The third kappa shape index (κ3) is 4.03. The molecule has 2 atom stereocenters. The summed E-state index contributed by atoms with van der Waals surface area (Å²) < 4.78 is 31.8. The van der Waals surface area contributed by atoms with Crippen molar-refractivity contribution in [3.63, 3.8) is 0 Å². The number of nitrogens with one attached hydrogen (secondary N) is 1. The number of esters is 1. The molecule has 0 bridgehead atoms. The molecule has 1 aromatic rings. The molecule has 6 nitrogen and oxygen atoms in total. The smallest absolute Gasteiger partial charge is 0.324 e. The first-order valence-corrected chi connectivity index (χ1v) is 7.95. The maximum atomic E-state index is 12.4. The van der Waals surface area contributed by atoms with Gasteiger partial charge >= 0.3 is 5.97 Å². The molecule has 0 aliphatic heterocycles. The highest BCUT2D eigenvalue weighted by molar-refractivity contribution is 7.89. The average molecular weight is 310 g/mol. The van der Waals surface area contributed by atoms with E-state index in [2.05, 4.69) is 9.46 Å². The van der Waals surface area contributed by atoms with Crippen LogP contribution in [0.5, 0.6) is 0 Å². The van der Waals surface area contributed by atoms with Gasteiger partial charge in [0.2, 0.25) is 10.0 Å². The van der Waals surface area contributed by atoms with E-state index in [4.69, 9.17) is 5.26 Å². The number of methoxy groups -OCH3 is 1. The zero-order chi connectivity index (χ0) is 16.0. The lowest BCUT2D eigenvalue weighted by atomic mass is 10.0. The number of hydrogen-bond donors (Lipinski definition) is 1. The molecule has 1 rings (SSSR count). The SMILES string of the molecule is CC[C@H](C)[C@H](NS(=O)(=O)c1ccccc1C#N)C(=O)OC. The zero-order valence-corrected chi connectivity index (χ0v) is 13.0. The summed E-state index contributed by atoms with van der Waals surface area (Å²) in [5.41, 5.74) is 0.0257. The van der Waals surface area contributed by atoms with Crippen molar-refractivity contribution in [3.05, 3.63) is 29.8 Å². The van der Waals surface area contributed by atoms with Crippen molar-refractivity contribution in [1.82, 2.24) is 4.72 Å². The van der Waals surface area contributed by atoms with Crippen LogP contribution in [0.2, 0.25) is 0 Å². The van der Waals surface area contributed by atoms with Gasteiger partial charge in [0.1, 0.15) is 12.1 Å². The van der Waals surface area contributed by atoms with Crippen molar-refractivity contribution in [1.29, 1.82) is 5.26 Å². The molecule has 1 N–H and O–H groups in total. The van der Waals surface area contributed by atoms with Gasteiger partial charge in [-0.05, 0) is 18.1 Å². The van der Waals surface area contributed by atoms with Gasteiger partial charge in [0.15, 0.2) is 0 Å². The summed E-state index contributed by atoms with van der Waals surface area (Å²) >= 11 is 0. The molecular weight excluding hydrogens is 292 g/mol. The monoisotopic (exact) mass is 310 g/mol. The molecular formula is C14H18N2O4S. The van der Waals surface area contributed by atoms with E-state index in [1.165, 1.54) is 25.3 Å². The molecule has 0 amide bonds. The van der Waals surface area contributed by atoms with E-state index in [1.54, 1.807) is 13.0 Å². The van der Waals surface area contributed by atoms with Gasteiger partial charge < -0.3 is 4.74 Å². The van der Waals surface area contributed by atoms with Gasteiger partial charge in [-0.15, -0.1) is 0 Å². The van der Waals surface area contributed by atoms with Gasteiger partial charge in [-0.2, -0.15) is 9.98 Å². The molecule has 0 spiro atoms. The number of nitriles is 1. The topological polar surface area (TPSA) is 96.3 Å². The van der Waals surface area contributed by atoms with Gasteiger partial charge in [0, 0.05) is 0 Å². The van der Waals surface area contributed by atoms with Crippen LogP contribution in [0.1, 0.15) is 25.8 Å². The van der Waals surface area contributed by atoms with Crippen LogP contribution in [0.15, 0.2) is 29.2 Å². The Bertz CT molecular complexity index is 649. The highest BCUT2D eigenvalue weighted by Gasteiger charge is 2.31. The minimum absolute atomic E-state index is 0.0257. The summed E-state index contributed by atoms with van der Waals surface area (Å²) in [6.45, 7) is 3.60.